The molecule has 4 atom stereocenters. The first-order valence-corrected chi connectivity index (χ1v) is 10.3. The van der Waals surface area contributed by atoms with Crippen LogP contribution in [-0.4, -0.2) is 41.0 Å². The Morgan fingerprint density at radius 1 is 1.25 bits per heavy atom. The quantitative estimate of drug-likeness (QED) is 0.773. The van der Waals surface area contributed by atoms with Gasteiger partial charge in [-0.3, -0.25) is 9.48 Å². The van der Waals surface area contributed by atoms with Crippen LogP contribution >= 0.6 is 0 Å². The van der Waals surface area contributed by atoms with Crippen LogP contribution in [0.3, 0.4) is 0 Å². The topological polar surface area (TPSA) is 73.6 Å². The minimum absolute atomic E-state index is 0.0373. The molecule has 0 bridgehead atoms. The number of aldehydes is 1. The second kappa shape index (κ2) is 7.24. The summed E-state index contributed by atoms with van der Waals surface area (Å²) in [4.78, 5) is 11.3. The maximum Gasteiger partial charge on any atom is 0.157 e. The third-order valence-corrected chi connectivity index (χ3v) is 6.98. The highest BCUT2D eigenvalue weighted by Gasteiger charge is 2.53. The van der Waals surface area contributed by atoms with Gasteiger partial charge in [-0.25, -0.2) is 0 Å². The number of carbonyl (C=O) groups excluding carboxylic acids is 1. The van der Waals surface area contributed by atoms with Gasteiger partial charge >= 0.3 is 0 Å². The van der Waals surface area contributed by atoms with Crippen molar-refractivity contribution in [3.8, 4) is 11.5 Å². The van der Waals surface area contributed by atoms with Crippen molar-refractivity contribution in [1.29, 1.82) is 0 Å². The van der Waals surface area contributed by atoms with Gasteiger partial charge in [0.15, 0.2) is 6.29 Å². The fraction of sp³-hybridized carbons (Fsp3) is 0.545. The molecular formula is C22H26N2O4. The van der Waals surface area contributed by atoms with E-state index in [9.17, 15) is 9.90 Å². The van der Waals surface area contributed by atoms with E-state index >= 15 is 0 Å². The number of benzene rings is 1. The number of carbonyl (C=O) groups is 1. The summed E-state index contributed by atoms with van der Waals surface area (Å²) in [6.45, 7) is 2.14. The van der Waals surface area contributed by atoms with Crippen LogP contribution in [0.1, 0.15) is 53.7 Å². The van der Waals surface area contributed by atoms with E-state index in [0.717, 1.165) is 19.6 Å². The highest BCUT2D eigenvalue weighted by Crippen LogP contribution is 2.56. The normalized spacial score (nSPS) is 29.4. The molecule has 3 unspecified atom stereocenters. The van der Waals surface area contributed by atoms with E-state index in [2.05, 4.69) is 15.8 Å². The van der Waals surface area contributed by atoms with Gasteiger partial charge < -0.3 is 14.6 Å². The van der Waals surface area contributed by atoms with Crippen LogP contribution in [0.4, 0.5) is 0 Å². The summed E-state index contributed by atoms with van der Waals surface area (Å²) in [5, 5.41) is 14.5. The van der Waals surface area contributed by atoms with Crippen LogP contribution in [0.15, 0.2) is 30.5 Å². The first kappa shape index (κ1) is 17.7. The molecule has 1 N–H and O–H groups in total. The number of ether oxygens (including phenoxy) is 2. The molecule has 1 aromatic carbocycles. The predicted molar refractivity (Wildman–Crippen MR) is 103 cm³/mol. The van der Waals surface area contributed by atoms with E-state index in [0.29, 0.717) is 48.4 Å². The van der Waals surface area contributed by atoms with E-state index in [1.807, 2.05) is 6.20 Å². The Bertz CT molecular complexity index is 860. The van der Waals surface area contributed by atoms with Gasteiger partial charge in [0.1, 0.15) is 11.5 Å². The van der Waals surface area contributed by atoms with Crippen LogP contribution in [0.5, 0.6) is 11.5 Å². The summed E-state index contributed by atoms with van der Waals surface area (Å²) in [5.41, 5.74) is 1.53. The molecule has 1 aliphatic heterocycles. The minimum atomic E-state index is -0.0373. The monoisotopic (exact) mass is 382 g/mol. The van der Waals surface area contributed by atoms with Gasteiger partial charge in [0.05, 0.1) is 24.8 Å². The summed E-state index contributed by atoms with van der Waals surface area (Å²) in [7, 11) is 0. The lowest BCUT2D eigenvalue weighted by Gasteiger charge is -2.54. The van der Waals surface area contributed by atoms with E-state index in [1.54, 1.807) is 12.1 Å². The first-order chi connectivity index (χ1) is 13.8. The Balaban J connectivity index is 1.38. The van der Waals surface area contributed by atoms with Crippen molar-refractivity contribution in [2.45, 2.75) is 37.6 Å². The lowest BCUT2D eigenvalue weighted by atomic mass is 9.54. The average molecular weight is 382 g/mol. The van der Waals surface area contributed by atoms with E-state index in [4.69, 9.17) is 9.47 Å². The van der Waals surface area contributed by atoms with Crippen LogP contribution < -0.4 is 4.74 Å². The number of phenolic OH excluding ortho intramolecular Hbond substituents is 1. The number of fused-ring (bicyclic) bond motifs is 1. The number of nitrogens with zero attached hydrogens (tertiary/aromatic N) is 2. The Kier molecular flexibility index (Phi) is 4.59. The van der Waals surface area contributed by atoms with Crippen LogP contribution in [0.25, 0.3) is 0 Å². The maximum atomic E-state index is 11.3. The molecule has 0 radical (unpaired) electrons. The fourth-order valence-electron chi connectivity index (χ4n) is 5.27. The Morgan fingerprint density at radius 3 is 2.93 bits per heavy atom. The molecule has 0 amide bonds. The molecule has 1 saturated heterocycles. The molecule has 2 aromatic rings. The second-order valence-electron chi connectivity index (χ2n) is 8.28. The molecule has 2 saturated carbocycles. The lowest BCUT2D eigenvalue weighted by molar-refractivity contribution is -0.106. The van der Waals surface area contributed by atoms with Crippen LogP contribution in [-0.2, 0) is 4.74 Å². The summed E-state index contributed by atoms with van der Waals surface area (Å²) in [6, 6.07) is 7.65. The highest BCUT2D eigenvalue weighted by atomic mass is 16.5. The largest absolute Gasteiger partial charge is 0.507 e. The van der Waals surface area contributed by atoms with E-state index in [-0.39, 0.29) is 11.3 Å². The lowest BCUT2D eigenvalue weighted by Crippen LogP contribution is -2.53. The van der Waals surface area contributed by atoms with Crippen LogP contribution in [0, 0.1) is 17.8 Å². The predicted octanol–water partition coefficient (Wildman–Crippen LogP) is 3.57. The molecule has 3 fully saturated rings. The third kappa shape index (κ3) is 2.82. The second-order valence-corrected chi connectivity index (χ2v) is 8.28. The number of rotatable bonds is 6. The molecule has 148 valence electrons. The summed E-state index contributed by atoms with van der Waals surface area (Å²) in [5.74, 6) is 2.23. The Labute approximate surface area is 164 Å². The first-order valence-electron chi connectivity index (χ1n) is 10.3. The SMILES string of the molecule is O=Cc1c(O)cccc1OCC1C(c2ccnn2C2CCC2)C2COCC[C@H]21. The summed E-state index contributed by atoms with van der Waals surface area (Å²) in [6.07, 6.45) is 7.32. The standard InChI is InChI=1S/C22H26N2O4/c25-11-16-20(26)5-2-6-21(16)28-13-18-15-8-10-27-12-17(15)22(18)19-7-9-23-24(19)14-3-1-4-14/h2,5-7,9,11,14-15,17-18,22,26H,1,3-4,8,10,12-13H2/t15-,17?,18?,22?/m1/s1. The average Bonchev–Trinajstić information content (AvgIpc) is 3.09. The zero-order valence-electron chi connectivity index (χ0n) is 15.9. The number of hydrogen-bond donors (Lipinski definition) is 1. The zero-order chi connectivity index (χ0) is 19.1. The Hall–Kier alpha value is -2.34. The number of aromatic hydroxyl groups is 1. The summed E-state index contributed by atoms with van der Waals surface area (Å²) < 4.78 is 14.1. The highest BCUT2D eigenvalue weighted by molar-refractivity contribution is 5.83. The molecule has 0 spiro atoms. The smallest absolute Gasteiger partial charge is 0.157 e. The summed E-state index contributed by atoms with van der Waals surface area (Å²) >= 11 is 0. The fourth-order valence-corrected chi connectivity index (χ4v) is 5.27. The molecule has 3 aliphatic rings. The molecule has 2 heterocycles. The van der Waals surface area contributed by atoms with E-state index < -0.39 is 0 Å². The van der Waals surface area contributed by atoms with Gasteiger partial charge in [0.2, 0.25) is 0 Å². The van der Waals surface area contributed by atoms with E-state index in [1.165, 1.54) is 31.0 Å². The van der Waals surface area contributed by atoms with Crippen molar-refractivity contribution < 1.29 is 19.4 Å². The van der Waals surface area contributed by atoms with Crippen molar-refractivity contribution in [2.24, 2.45) is 17.8 Å². The third-order valence-electron chi connectivity index (χ3n) is 6.98. The van der Waals surface area contributed by atoms with Crippen molar-refractivity contribution >= 4 is 6.29 Å². The number of phenols is 1. The molecular weight excluding hydrogens is 356 g/mol. The minimum Gasteiger partial charge on any atom is -0.507 e. The van der Waals surface area contributed by atoms with Crippen LogP contribution in [0.2, 0.25) is 0 Å². The molecule has 28 heavy (non-hydrogen) atoms. The molecule has 2 aliphatic carbocycles. The van der Waals surface area contributed by atoms with Gasteiger partial charge in [0, 0.05) is 30.3 Å². The van der Waals surface area contributed by atoms with Crippen molar-refractivity contribution in [1.82, 2.24) is 9.78 Å². The zero-order valence-corrected chi connectivity index (χ0v) is 15.9. The van der Waals surface area contributed by atoms with Gasteiger partial charge in [-0.05, 0) is 55.7 Å². The van der Waals surface area contributed by atoms with Gasteiger partial charge in [-0.2, -0.15) is 5.10 Å². The molecule has 6 nitrogen and oxygen atoms in total. The molecule has 6 heteroatoms. The van der Waals surface area contributed by atoms with Gasteiger partial charge in [0.25, 0.3) is 0 Å². The Morgan fingerprint density at radius 2 is 2.14 bits per heavy atom. The molecule has 5 rings (SSSR count). The molecule has 1 aromatic heterocycles. The number of hydrogen-bond acceptors (Lipinski definition) is 5. The van der Waals surface area contributed by atoms with Gasteiger partial charge in [-0.1, -0.05) is 6.07 Å². The van der Waals surface area contributed by atoms with Crippen molar-refractivity contribution in [3.05, 3.63) is 41.7 Å². The van der Waals surface area contributed by atoms with Crippen molar-refractivity contribution in [3.63, 3.8) is 0 Å². The number of aromatic nitrogens is 2. The van der Waals surface area contributed by atoms with Gasteiger partial charge in [-0.15, -0.1) is 0 Å². The maximum absolute atomic E-state index is 11.3. The van der Waals surface area contributed by atoms with Crippen molar-refractivity contribution in [2.75, 3.05) is 19.8 Å².